The van der Waals surface area contributed by atoms with Gasteiger partial charge in [-0.1, -0.05) is 32.1 Å². The van der Waals surface area contributed by atoms with Crippen LogP contribution in [0.3, 0.4) is 0 Å². The molecule has 0 radical (unpaired) electrons. The van der Waals surface area contributed by atoms with Crippen molar-refractivity contribution in [3.8, 4) is 0 Å². The second-order valence-corrected chi connectivity index (χ2v) is 6.23. The Morgan fingerprint density at radius 2 is 1.88 bits per heavy atom. The van der Waals surface area contributed by atoms with Crippen molar-refractivity contribution in [3.05, 3.63) is 0 Å². The zero-order chi connectivity index (χ0) is 11.0. The van der Waals surface area contributed by atoms with E-state index in [-0.39, 0.29) is 0 Å². The smallest absolute Gasteiger partial charge is 0.0661 e. The van der Waals surface area contributed by atoms with Gasteiger partial charge in [-0.05, 0) is 31.6 Å². The van der Waals surface area contributed by atoms with Crippen molar-refractivity contribution in [2.45, 2.75) is 69.9 Å². The molecule has 2 unspecified atom stereocenters. The second kappa shape index (κ2) is 4.30. The van der Waals surface area contributed by atoms with Crippen LogP contribution in [0.5, 0.6) is 0 Å². The summed E-state index contributed by atoms with van der Waals surface area (Å²) in [5.41, 5.74) is 6.60. The van der Waals surface area contributed by atoms with E-state index in [2.05, 4.69) is 0 Å². The summed E-state index contributed by atoms with van der Waals surface area (Å²) in [5.74, 6) is 0.980. The molecular formula is C14H25NO. The molecule has 1 spiro atoms. The van der Waals surface area contributed by atoms with Gasteiger partial charge >= 0.3 is 0 Å². The molecule has 0 aromatic rings. The number of ether oxygens (including phenoxy) is 1. The minimum absolute atomic E-state index is 0.402. The predicted molar refractivity (Wildman–Crippen MR) is 65.2 cm³/mol. The Morgan fingerprint density at radius 3 is 2.44 bits per heavy atom. The van der Waals surface area contributed by atoms with Gasteiger partial charge in [0.2, 0.25) is 0 Å². The molecule has 0 saturated heterocycles. The Kier molecular flexibility index (Phi) is 2.97. The largest absolute Gasteiger partial charge is 0.378 e. The van der Waals surface area contributed by atoms with Crippen LogP contribution in [0.25, 0.3) is 0 Å². The maximum absolute atomic E-state index is 6.20. The van der Waals surface area contributed by atoms with Crippen LogP contribution in [-0.2, 0) is 4.74 Å². The van der Waals surface area contributed by atoms with E-state index in [4.69, 9.17) is 10.5 Å². The van der Waals surface area contributed by atoms with E-state index in [0.717, 1.165) is 18.9 Å². The highest BCUT2D eigenvalue weighted by molar-refractivity contribution is 5.08. The lowest BCUT2D eigenvalue weighted by atomic mass is 9.61. The Hall–Kier alpha value is -0.0800. The Morgan fingerprint density at radius 1 is 1.12 bits per heavy atom. The van der Waals surface area contributed by atoms with Gasteiger partial charge in [0.05, 0.1) is 6.10 Å². The first-order valence-corrected chi connectivity index (χ1v) is 7.18. The van der Waals surface area contributed by atoms with Crippen LogP contribution < -0.4 is 5.73 Å². The number of nitrogens with two attached hydrogens (primary N) is 1. The minimum atomic E-state index is 0.402. The van der Waals surface area contributed by atoms with Crippen LogP contribution in [-0.4, -0.2) is 18.8 Å². The van der Waals surface area contributed by atoms with E-state index in [0.29, 0.717) is 17.6 Å². The Balaban J connectivity index is 1.44. The highest BCUT2D eigenvalue weighted by Gasteiger charge is 2.55. The molecule has 3 rings (SSSR count). The molecule has 3 aliphatic rings. The quantitative estimate of drug-likeness (QED) is 0.795. The van der Waals surface area contributed by atoms with Crippen molar-refractivity contribution in [1.29, 1.82) is 0 Å². The average Bonchev–Trinajstić information content (AvgIpc) is 2.71. The maximum Gasteiger partial charge on any atom is 0.0661 e. The minimum Gasteiger partial charge on any atom is -0.378 e. The van der Waals surface area contributed by atoms with E-state index in [1.54, 1.807) is 0 Å². The summed E-state index contributed by atoms with van der Waals surface area (Å²) in [6.07, 6.45) is 12.6. The first-order valence-electron chi connectivity index (χ1n) is 7.18. The zero-order valence-corrected chi connectivity index (χ0v) is 10.3. The van der Waals surface area contributed by atoms with Crippen molar-refractivity contribution in [1.82, 2.24) is 0 Å². The molecule has 2 N–H and O–H groups in total. The summed E-state index contributed by atoms with van der Waals surface area (Å²) in [7, 11) is 0. The lowest BCUT2D eigenvalue weighted by Crippen LogP contribution is -2.61. The summed E-state index contributed by atoms with van der Waals surface area (Å²) < 4.78 is 6.11. The standard InChI is InChI=1S/C14H25NO/c15-12-10-13(14(12)7-1-2-8-14)16-9-6-11-4-3-5-11/h11-13H,1-10,15H2. The highest BCUT2D eigenvalue weighted by Crippen LogP contribution is 2.53. The van der Waals surface area contributed by atoms with E-state index in [1.807, 2.05) is 0 Å². The Bertz CT molecular complexity index is 243. The molecule has 0 amide bonds. The SMILES string of the molecule is NC1CC(OCCC2CCC2)C12CCCC2. The molecule has 0 bridgehead atoms. The van der Waals surface area contributed by atoms with Crippen molar-refractivity contribution in [2.75, 3.05) is 6.61 Å². The van der Waals surface area contributed by atoms with Gasteiger partial charge in [-0.15, -0.1) is 0 Å². The van der Waals surface area contributed by atoms with Gasteiger partial charge in [0.15, 0.2) is 0 Å². The lowest BCUT2D eigenvalue weighted by molar-refractivity contribution is -0.126. The van der Waals surface area contributed by atoms with Crippen LogP contribution in [0.15, 0.2) is 0 Å². The first kappa shape index (κ1) is 11.0. The average molecular weight is 223 g/mol. The highest BCUT2D eigenvalue weighted by atomic mass is 16.5. The monoisotopic (exact) mass is 223 g/mol. The molecule has 2 nitrogen and oxygen atoms in total. The molecule has 0 aromatic carbocycles. The number of hydrogen-bond acceptors (Lipinski definition) is 2. The maximum atomic E-state index is 6.20. The molecule has 3 aliphatic carbocycles. The van der Waals surface area contributed by atoms with Gasteiger partial charge in [0, 0.05) is 18.1 Å². The molecule has 16 heavy (non-hydrogen) atoms. The fourth-order valence-corrected chi connectivity index (χ4v) is 3.90. The summed E-state index contributed by atoms with van der Waals surface area (Å²) >= 11 is 0. The number of hydrogen-bond donors (Lipinski definition) is 1. The van der Waals surface area contributed by atoms with E-state index < -0.39 is 0 Å². The van der Waals surface area contributed by atoms with Crippen molar-refractivity contribution >= 4 is 0 Å². The molecular weight excluding hydrogens is 198 g/mol. The third-order valence-corrected chi connectivity index (χ3v) is 5.45. The van der Waals surface area contributed by atoms with Crippen LogP contribution in [0, 0.1) is 11.3 Å². The van der Waals surface area contributed by atoms with Crippen LogP contribution >= 0.6 is 0 Å². The molecule has 0 aliphatic heterocycles. The molecule has 0 heterocycles. The number of rotatable bonds is 4. The van der Waals surface area contributed by atoms with Gasteiger partial charge in [-0.2, -0.15) is 0 Å². The summed E-state index contributed by atoms with van der Waals surface area (Å²) in [6.45, 7) is 0.990. The molecule has 3 fully saturated rings. The van der Waals surface area contributed by atoms with Crippen LogP contribution in [0.2, 0.25) is 0 Å². The van der Waals surface area contributed by atoms with Crippen LogP contribution in [0.1, 0.15) is 57.8 Å². The molecule has 92 valence electrons. The Labute approximate surface area is 98.9 Å². The normalized spacial score (nSPS) is 37.3. The summed E-state index contributed by atoms with van der Waals surface area (Å²) in [4.78, 5) is 0. The zero-order valence-electron chi connectivity index (χ0n) is 10.3. The second-order valence-electron chi connectivity index (χ2n) is 6.23. The van der Waals surface area contributed by atoms with E-state index in [9.17, 15) is 0 Å². The molecule has 0 aromatic heterocycles. The van der Waals surface area contributed by atoms with Gasteiger partial charge < -0.3 is 10.5 Å². The third kappa shape index (κ3) is 1.70. The van der Waals surface area contributed by atoms with Crippen molar-refractivity contribution in [2.24, 2.45) is 17.1 Å². The fourth-order valence-electron chi connectivity index (χ4n) is 3.90. The van der Waals surface area contributed by atoms with E-state index >= 15 is 0 Å². The molecule has 2 heteroatoms. The van der Waals surface area contributed by atoms with Gasteiger partial charge in [0.1, 0.15) is 0 Å². The summed E-state index contributed by atoms with van der Waals surface area (Å²) in [5, 5.41) is 0. The van der Waals surface area contributed by atoms with Gasteiger partial charge in [-0.3, -0.25) is 0 Å². The molecule has 2 atom stereocenters. The van der Waals surface area contributed by atoms with Crippen LogP contribution in [0.4, 0.5) is 0 Å². The van der Waals surface area contributed by atoms with E-state index in [1.165, 1.54) is 51.4 Å². The van der Waals surface area contributed by atoms with Crippen molar-refractivity contribution < 1.29 is 4.74 Å². The fraction of sp³-hybridized carbons (Fsp3) is 1.00. The lowest BCUT2D eigenvalue weighted by Gasteiger charge is -2.52. The predicted octanol–water partition coefficient (Wildman–Crippen LogP) is 2.85. The topological polar surface area (TPSA) is 35.2 Å². The third-order valence-electron chi connectivity index (χ3n) is 5.45. The molecule has 3 saturated carbocycles. The summed E-state index contributed by atoms with van der Waals surface area (Å²) in [6, 6.07) is 0.434. The van der Waals surface area contributed by atoms with Gasteiger partial charge in [0.25, 0.3) is 0 Å². The van der Waals surface area contributed by atoms with Crippen molar-refractivity contribution in [3.63, 3.8) is 0 Å². The first-order chi connectivity index (χ1) is 7.81. The van der Waals surface area contributed by atoms with Gasteiger partial charge in [-0.25, -0.2) is 0 Å².